The monoisotopic (exact) mass is 295 g/mol. The summed E-state index contributed by atoms with van der Waals surface area (Å²) in [6.07, 6.45) is -6.40. The van der Waals surface area contributed by atoms with Crippen molar-refractivity contribution in [3.63, 3.8) is 0 Å². The number of aliphatic hydroxyl groups is 5. The van der Waals surface area contributed by atoms with Crippen molar-refractivity contribution in [2.24, 2.45) is 5.92 Å². The van der Waals surface area contributed by atoms with E-state index in [0.717, 1.165) is 0 Å². The first-order chi connectivity index (χ1) is 9.18. The van der Waals surface area contributed by atoms with Crippen LogP contribution < -0.4 is 0 Å². The minimum absolute atomic E-state index is 0.159. The molecule has 0 aliphatic heterocycles. The van der Waals surface area contributed by atoms with E-state index in [0.29, 0.717) is 6.54 Å². The van der Waals surface area contributed by atoms with Crippen molar-refractivity contribution in [3.8, 4) is 0 Å². The van der Waals surface area contributed by atoms with Gasteiger partial charge in [0, 0.05) is 13.1 Å². The highest BCUT2D eigenvalue weighted by Crippen LogP contribution is 2.08. The molecule has 0 bridgehead atoms. The van der Waals surface area contributed by atoms with Crippen molar-refractivity contribution in [1.29, 1.82) is 0 Å². The van der Waals surface area contributed by atoms with Crippen LogP contribution in [0.4, 0.5) is 0 Å². The van der Waals surface area contributed by atoms with Gasteiger partial charge in [0.15, 0.2) is 0 Å². The Morgan fingerprint density at radius 1 is 1.00 bits per heavy atom. The topological polar surface area (TPSA) is 142 Å². The van der Waals surface area contributed by atoms with Crippen LogP contribution in [0.3, 0.4) is 0 Å². The fourth-order valence-corrected chi connectivity index (χ4v) is 1.85. The summed E-state index contributed by atoms with van der Waals surface area (Å²) in [4.78, 5) is 12.2. The summed E-state index contributed by atoms with van der Waals surface area (Å²) in [5.41, 5.74) is 0. The maximum atomic E-state index is 10.7. The highest BCUT2D eigenvalue weighted by molar-refractivity contribution is 5.69. The zero-order chi connectivity index (χ0) is 15.9. The molecule has 0 saturated carbocycles. The SMILES string of the molecule is CC(C)CN(CC(=O)O)C[C@@H](O)[C@H](O)[C@@H](O)[C@@H](O)CO. The number of carboxylic acids is 1. The van der Waals surface area contributed by atoms with E-state index in [4.69, 9.17) is 10.2 Å². The van der Waals surface area contributed by atoms with Gasteiger partial charge in [-0.05, 0) is 5.92 Å². The molecule has 4 atom stereocenters. The average molecular weight is 295 g/mol. The van der Waals surface area contributed by atoms with Gasteiger partial charge in [0.1, 0.15) is 18.3 Å². The van der Waals surface area contributed by atoms with E-state index in [2.05, 4.69) is 0 Å². The van der Waals surface area contributed by atoms with Crippen LogP contribution in [0.25, 0.3) is 0 Å². The van der Waals surface area contributed by atoms with Crippen LogP contribution in [0, 0.1) is 5.92 Å². The fourth-order valence-electron chi connectivity index (χ4n) is 1.85. The van der Waals surface area contributed by atoms with Crippen LogP contribution in [0.1, 0.15) is 13.8 Å². The Bertz CT molecular complexity index is 287. The number of nitrogens with zero attached hydrogens (tertiary/aromatic N) is 1. The minimum Gasteiger partial charge on any atom is -0.480 e. The third-order valence-corrected chi connectivity index (χ3v) is 2.75. The third kappa shape index (κ3) is 7.13. The van der Waals surface area contributed by atoms with Gasteiger partial charge in [-0.15, -0.1) is 0 Å². The van der Waals surface area contributed by atoms with E-state index in [-0.39, 0.29) is 19.0 Å². The number of aliphatic hydroxyl groups excluding tert-OH is 5. The maximum Gasteiger partial charge on any atom is 0.317 e. The molecule has 8 nitrogen and oxygen atoms in total. The first-order valence-electron chi connectivity index (χ1n) is 6.46. The van der Waals surface area contributed by atoms with Crippen molar-refractivity contribution in [1.82, 2.24) is 4.90 Å². The molecule has 0 spiro atoms. The van der Waals surface area contributed by atoms with Crippen LogP contribution >= 0.6 is 0 Å². The normalized spacial score (nSPS) is 18.1. The highest BCUT2D eigenvalue weighted by atomic mass is 16.4. The Balaban J connectivity index is 4.56. The molecule has 0 saturated heterocycles. The number of carbonyl (C=O) groups is 1. The number of rotatable bonds is 10. The fraction of sp³-hybridized carbons (Fsp3) is 0.917. The lowest BCUT2D eigenvalue weighted by Gasteiger charge is -2.30. The number of hydrogen-bond acceptors (Lipinski definition) is 7. The second-order valence-electron chi connectivity index (χ2n) is 5.28. The highest BCUT2D eigenvalue weighted by Gasteiger charge is 2.31. The molecule has 6 N–H and O–H groups in total. The minimum atomic E-state index is -1.71. The Hall–Kier alpha value is -0.770. The summed E-state index contributed by atoms with van der Waals surface area (Å²) in [7, 11) is 0. The Kier molecular flexibility index (Phi) is 8.86. The van der Waals surface area contributed by atoms with Crippen molar-refractivity contribution in [2.75, 3.05) is 26.2 Å². The average Bonchev–Trinajstić information content (AvgIpc) is 2.34. The van der Waals surface area contributed by atoms with Gasteiger partial charge in [0.25, 0.3) is 0 Å². The molecule has 0 rings (SSSR count). The Morgan fingerprint density at radius 2 is 1.50 bits per heavy atom. The van der Waals surface area contributed by atoms with E-state index < -0.39 is 37.0 Å². The van der Waals surface area contributed by atoms with Gasteiger partial charge in [-0.2, -0.15) is 0 Å². The van der Waals surface area contributed by atoms with Crippen molar-refractivity contribution < 1.29 is 35.4 Å². The molecule has 0 aromatic heterocycles. The number of hydrogen-bond donors (Lipinski definition) is 6. The summed E-state index contributed by atoms with van der Waals surface area (Å²) >= 11 is 0. The molecule has 0 unspecified atom stereocenters. The van der Waals surface area contributed by atoms with Gasteiger partial charge in [0.05, 0.1) is 19.3 Å². The summed E-state index contributed by atoms with van der Waals surface area (Å²) < 4.78 is 0. The first kappa shape index (κ1) is 19.2. The summed E-state index contributed by atoms with van der Waals surface area (Å²) in [5, 5.41) is 55.6. The van der Waals surface area contributed by atoms with E-state index >= 15 is 0 Å². The molecular weight excluding hydrogens is 270 g/mol. The zero-order valence-corrected chi connectivity index (χ0v) is 11.8. The van der Waals surface area contributed by atoms with E-state index in [1.54, 1.807) is 0 Å². The Labute approximate surface area is 117 Å². The molecule has 20 heavy (non-hydrogen) atoms. The standard InChI is InChI=1S/C12H25NO7/c1-7(2)3-13(5-10(17)18)4-8(15)11(19)12(20)9(16)6-14/h7-9,11-12,14-16,19-20H,3-6H2,1-2H3,(H,17,18)/t8-,9+,11+,12+/m1/s1. The van der Waals surface area contributed by atoms with E-state index in [9.17, 15) is 25.2 Å². The molecule has 0 aliphatic rings. The largest absolute Gasteiger partial charge is 0.480 e. The van der Waals surface area contributed by atoms with Gasteiger partial charge < -0.3 is 30.6 Å². The van der Waals surface area contributed by atoms with Crippen LogP contribution in [-0.4, -0.2) is 92.2 Å². The van der Waals surface area contributed by atoms with Gasteiger partial charge in [-0.3, -0.25) is 9.69 Å². The van der Waals surface area contributed by atoms with Crippen molar-refractivity contribution >= 4 is 5.97 Å². The smallest absolute Gasteiger partial charge is 0.317 e. The molecule has 0 fully saturated rings. The predicted molar refractivity (Wildman–Crippen MR) is 70.0 cm³/mol. The molecular formula is C12H25NO7. The number of aliphatic carboxylic acids is 1. The van der Waals surface area contributed by atoms with Gasteiger partial charge >= 0.3 is 5.97 Å². The molecule has 0 radical (unpaired) electrons. The molecule has 120 valence electrons. The Morgan fingerprint density at radius 3 is 1.90 bits per heavy atom. The molecule has 0 aromatic rings. The maximum absolute atomic E-state index is 10.7. The third-order valence-electron chi connectivity index (χ3n) is 2.75. The molecule has 0 heterocycles. The summed E-state index contributed by atoms with van der Waals surface area (Å²) in [6, 6.07) is 0. The molecule has 0 aliphatic carbocycles. The van der Waals surface area contributed by atoms with E-state index in [1.165, 1.54) is 4.90 Å². The zero-order valence-electron chi connectivity index (χ0n) is 11.8. The van der Waals surface area contributed by atoms with Gasteiger partial charge in [-0.25, -0.2) is 0 Å². The first-order valence-corrected chi connectivity index (χ1v) is 6.46. The molecule has 0 aromatic carbocycles. The van der Waals surface area contributed by atoms with Crippen LogP contribution in [0.2, 0.25) is 0 Å². The van der Waals surface area contributed by atoms with Crippen molar-refractivity contribution in [3.05, 3.63) is 0 Å². The second kappa shape index (κ2) is 9.22. The second-order valence-corrected chi connectivity index (χ2v) is 5.28. The van der Waals surface area contributed by atoms with Gasteiger partial charge in [-0.1, -0.05) is 13.8 Å². The van der Waals surface area contributed by atoms with Gasteiger partial charge in [0.2, 0.25) is 0 Å². The number of carboxylic acid groups (broad SMARTS) is 1. The van der Waals surface area contributed by atoms with Crippen LogP contribution in [-0.2, 0) is 4.79 Å². The quantitative estimate of drug-likeness (QED) is 0.259. The van der Waals surface area contributed by atoms with E-state index in [1.807, 2.05) is 13.8 Å². The van der Waals surface area contributed by atoms with Crippen molar-refractivity contribution in [2.45, 2.75) is 38.3 Å². The van der Waals surface area contributed by atoms with Crippen LogP contribution in [0.5, 0.6) is 0 Å². The van der Waals surface area contributed by atoms with Crippen LogP contribution in [0.15, 0.2) is 0 Å². The predicted octanol–water partition coefficient (Wildman–Crippen LogP) is -2.54. The lowest BCUT2D eigenvalue weighted by Crippen LogP contribution is -2.50. The molecule has 8 heteroatoms. The molecule has 0 amide bonds. The summed E-state index contributed by atoms with van der Waals surface area (Å²) in [6.45, 7) is 2.93. The lowest BCUT2D eigenvalue weighted by atomic mass is 10.0. The summed E-state index contributed by atoms with van der Waals surface area (Å²) in [5.74, 6) is -0.907. The lowest BCUT2D eigenvalue weighted by molar-refractivity contribution is -0.140.